The zero-order chi connectivity index (χ0) is 19.2. The van der Waals surface area contributed by atoms with E-state index >= 15 is 0 Å². The third kappa shape index (κ3) is 6.62. The Morgan fingerprint density at radius 1 is 1.12 bits per heavy atom. The second-order valence-electron chi connectivity index (χ2n) is 5.72. The van der Waals surface area contributed by atoms with Gasteiger partial charge in [-0.05, 0) is 43.2 Å². The lowest BCUT2D eigenvalue weighted by Gasteiger charge is -2.10. The van der Waals surface area contributed by atoms with E-state index in [1.165, 1.54) is 12.1 Å². The molecule has 1 aromatic heterocycles. The number of nitrogens with zero attached hydrogens (tertiary/aromatic N) is 1. The third-order valence-electron chi connectivity index (χ3n) is 3.23. The van der Waals surface area contributed by atoms with Crippen LogP contribution in [0, 0.1) is 13.8 Å². The van der Waals surface area contributed by atoms with Crippen molar-refractivity contribution < 1.29 is 27.4 Å². The average Bonchev–Trinajstić information content (AvgIpc) is 2.56. The van der Waals surface area contributed by atoms with Gasteiger partial charge in [0.25, 0.3) is 5.91 Å². The zero-order valence-electron chi connectivity index (χ0n) is 14.4. The maximum absolute atomic E-state index is 12.1. The summed E-state index contributed by atoms with van der Waals surface area (Å²) in [6.07, 6.45) is -3.28. The summed E-state index contributed by atoms with van der Waals surface area (Å²) in [7, 11) is 0. The largest absolute Gasteiger partial charge is 0.492 e. The number of aryl methyl sites for hydroxylation is 2. The minimum absolute atomic E-state index is 0.197. The normalized spacial score (nSPS) is 11.1. The molecule has 2 aromatic rings. The summed E-state index contributed by atoms with van der Waals surface area (Å²) in [5.74, 6) is 0.130. The van der Waals surface area contributed by atoms with Crippen molar-refractivity contribution in [3.63, 3.8) is 0 Å². The second kappa shape index (κ2) is 8.55. The van der Waals surface area contributed by atoms with Crippen LogP contribution in [0.5, 0.6) is 11.6 Å². The molecule has 2 rings (SSSR count). The van der Waals surface area contributed by atoms with Crippen molar-refractivity contribution in [3.8, 4) is 11.6 Å². The average molecular weight is 368 g/mol. The molecule has 0 atom stereocenters. The number of carbonyl (C=O) groups is 1. The number of hydrogen-bond donors (Lipinski definition) is 1. The standard InChI is InChI=1S/C18H19F3N2O3/c1-12-7-13(2)9-15(8-12)25-6-5-22-17(24)14-3-4-16(23-10-14)26-11-18(19,20)21/h3-4,7-10H,5-6,11H2,1-2H3,(H,22,24). The number of aromatic nitrogens is 1. The highest BCUT2D eigenvalue weighted by Crippen LogP contribution is 2.17. The van der Waals surface area contributed by atoms with Crippen LogP contribution in [-0.2, 0) is 0 Å². The van der Waals surface area contributed by atoms with Crippen molar-refractivity contribution in [2.24, 2.45) is 0 Å². The Hall–Kier alpha value is -2.77. The highest BCUT2D eigenvalue weighted by atomic mass is 19.4. The summed E-state index contributed by atoms with van der Waals surface area (Å²) in [5, 5.41) is 2.65. The first kappa shape index (κ1) is 19.6. The minimum atomic E-state index is -4.44. The molecule has 1 aromatic carbocycles. The van der Waals surface area contributed by atoms with Crippen LogP contribution < -0.4 is 14.8 Å². The smallest absolute Gasteiger partial charge is 0.422 e. The van der Waals surface area contributed by atoms with Gasteiger partial charge < -0.3 is 14.8 Å². The predicted molar refractivity (Wildman–Crippen MR) is 89.5 cm³/mol. The van der Waals surface area contributed by atoms with E-state index in [0.717, 1.165) is 23.1 Å². The van der Waals surface area contributed by atoms with E-state index in [1.54, 1.807) is 0 Å². The lowest BCUT2D eigenvalue weighted by atomic mass is 10.1. The lowest BCUT2D eigenvalue weighted by Crippen LogP contribution is -2.28. The molecule has 5 nitrogen and oxygen atoms in total. The van der Waals surface area contributed by atoms with Crippen LogP contribution in [-0.4, -0.2) is 36.8 Å². The number of carbonyl (C=O) groups excluding carboxylic acids is 1. The Labute approximate surface area is 149 Å². The molecule has 0 fully saturated rings. The van der Waals surface area contributed by atoms with Crippen molar-refractivity contribution in [2.45, 2.75) is 20.0 Å². The Morgan fingerprint density at radius 3 is 2.38 bits per heavy atom. The van der Waals surface area contributed by atoms with E-state index < -0.39 is 18.7 Å². The molecule has 1 amide bonds. The SMILES string of the molecule is Cc1cc(C)cc(OCCNC(=O)c2ccc(OCC(F)(F)F)nc2)c1. The molecule has 0 saturated carbocycles. The molecular weight excluding hydrogens is 349 g/mol. The van der Waals surface area contributed by atoms with E-state index in [0.29, 0.717) is 0 Å². The molecule has 0 bridgehead atoms. The first-order valence-corrected chi connectivity index (χ1v) is 7.88. The molecule has 8 heteroatoms. The Bertz CT molecular complexity index is 726. The highest BCUT2D eigenvalue weighted by Gasteiger charge is 2.28. The fourth-order valence-electron chi connectivity index (χ4n) is 2.21. The van der Waals surface area contributed by atoms with Crippen molar-refractivity contribution in [1.29, 1.82) is 0 Å². The number of hydrogen-bond acceptors (Lipinski definition) is 4. The van der Waals surface area contributed by atoms with Gasteiger partial charge in [-0.3, -0.25) is 4.79 Å². The molecule has 0 spiro atoms. The summed E-state index contributed by atoms with van der Waals surface area (Å²) < 4.78 is 46.2. The summed E-state index contributed by atoms with van der Waals surface area (Å²) >= 11 is 0. The van der Waals surface area contributed by atoms with Crippen molar-refractivity contribution in [3.05, 3.63) is 53.2 Å². The first-order chi connectivity index (χ1) is 12.2. The van der Waals surface area contributed by atoms with Gasteiger partial charge in [-0.1, -0.05) is 6.07 Å². The van der Waals surface area contributed by atoms with Crippen molar-refractivity contribution in [1.82, 2.24) is 10.3 Å². The van der Waals surface area contributed by atoms with Gasteiger partial charge in [0, 0.05) is 12.3 Å². The molecule has 0 aliphatic heterocycles. The molecule has 0 aliphatic carbocycles. The second-order valence-corrected chi connectivity index (χ2v) is 5.72. The number of benzene rings is 1. The summed E-state index contributed by atoms with van der Waals surface area (Å²) in [4.78, 5) is 15.6. The predicted octanol–water partition coefficient (Wildman–Crippen LogP) is 3.45. The lowest BCUT2D eigenvalue weighted by molar-refractivity contribution is -0.154. The van der Waals surface area contributed by atoms with E-state index in [4.69, 9.17) is 4.74 Å². The minimum Gasteiger partial charge on any atom is -0.492 e. The maximum Gasteiger partial charge on any atom is 0.422 e. The number of alkyl halides is 3. The van der Waals surface area contributed by atoms with Crippen molar-refractivity contribution in [2.75, 3.05) is 19.8 Å². The Balaban J connectivity index is 1.77. The fourth-order valence-corrected chi connectivity index (χ4v) is 2.21. The molecule has 0 unspecified atom stereocenters. The number of pyridine rings is 1. The van der Waals surface area contributed by atoms with Gasteiger partial charge in [0.15, 0.2) is 6.61 Å². The molecule has 0 radical (unpaired) electrons. The third-order valence-corrected chi connectivity index (χ3v) is 3.23. The number of rotatable bonds is 7. The Kier molecular flexibility index (Phi) is 6.43. The van der Waals surface area contributed by atoms with E-state index in [-0.39, 0.29) is 24.6 Å². The zero-order valence-corrected chi connectivity index (χ0v) is 14.4. The van der Waals surface area contributed by atoms with Gasteiger partial charge in [0.1, 0.15) is 12.4 Å². The van der Waals surface area contributed by atoms with Crippen LogP contribution in [0.3, 0.4) is 0 Å². The molecule has 140 valence electrons. The van der Waals surface area contributed by atoms with E-state index in [2.05, 4.69) is 15.0 Å². The van der Waals surface area contributed by atoms with Gasteiger partial charge in [0.2, 0.25) is 5.88 Å². The number of nitrogens with one attached hydrogen (secondary N) is 1. The molecule has 26 heavy (non-hydrogen) atoms. The number of amides is 1. The highest BCUT2D eigenvalue weighted by molar-refractivity contribution is 5.93. The summed E-state index contributed by atoms with van der Waals surface area (Å²) in [6.45, 7) is 3.07. The van der Waals surface area contributed by atoms with Crippen LogP contribution in [0.2, 0.25) is 0 Å². The van der Waals surface area contributed by atoms with Gasteiger partial charge in [0.05, 0.1) is 12.1 Å². The summed E-state index contributed by atoms with van der Waals surface area (Å²) in [5.41, 5.74) is 2.39. The molecule has 0 aliphatic rings. The quantitative estimate of drug-likeness (QED) is 0.761. The van der Waals surface area contributed by atoms with E-state index in [9.17, 15) is 18.0 Å². The topological polar surface area (TPSA) is 60.5 Å². The first-order valence-electron chi connectivity index (χ1n) is 7.88. The Morgan fingerprint density at radius 2 is 1.81 bits per heavy atom. The number of halogens is 3. The molecular formula is C18H19F3N2O3. The van der Waals surface area contributed by atoms with Crippen LogP contribution in [0.1, 0.15) is 21.5 Å². The van der Waals surface area contributed by atoms with E-state index in [1.807, 2.05) is 32.0 Å². The molecule has 1 heterocycles. The van der Waals surface area contributed by atoms with Gasteiger partial charge in [-0.25, -0.2) is 4.98 Å². The van der Waals surface area contributed by atoms with Gasteiger partial charge >= 0.3 is 6.18 Å². The van der Waals surface area contributed by atoms with Gasteiger partial charge in [-0.2, -0.15) is 13.2 Å². The monoisotopic (exact) mass is 368 g/mol. The molecule has 0 saturated heterocycles. The van der Waals surface area contributed by atoms with Crippen LogP contribution in [0.15, 0.2) is 36.5 Å². The van der Waals surface area contributed by atoms with Crippen LogP contribution in [0.4, 0.5) is 13.2 Å². The van der Waals surface area contributed by atoms with Crippen LogP contribution >= 0.6 is 0 Å². The molecule has 1 N–H and O–H groups in total. The number of ether oxygens (including phenoxy) is 2. The fraction of sp³-hybridized carbons (Fsp3) is 0.333. The maximum atomic E-state index is 12.1. The van der Waals surface area contributed by atoms with Crippen LogP contribution in [0.25, 0.3) is 0 Å². The van der Waals surface area contributed by atoms with Gasteiger partial charge in [-0.15, -0.1) is 0 Å². The summed E-state index contributed by atoms with van der Waals surface area (Å²) in [6, 6.07) is 8.39. The van der Waals surface area contributed by atoms with Crippen molar-refractivity contribution >= 4 is 5.91 Å².